The molecule has 1 fully saturated rings. The summed E-state index contributed by atoms with van der Waals surface area (Å²) in [7, 11) is 2.05. The van der Waals surface area contributed by atoms with Crippen LogP contribution in [0.15, 0.2) is 55.4 Å². The molecular formula is C33H28ClFN8O3. The molecule has 0 radical (unpaired) electrons. The van der Waals surface area contributed by atoms with Crippen molar-refractivity contribution in [1.82, 2.24) is 30.0 Å². The summed E-state index contributed by atoms with van der Waals surface area (Å²) in [4.78, 5) is 27.6. The minimum Gasteiger partial charge on any atom is -0.437 e. The third-order valence-electron chi connectivity index (χ3n) is 8.42. The normalized spacial score (nSPS) is 15.1. The number of rotatable bonds is 6. The number of hydrogen-bond donors (Lipinski definition) is 1. The van der Waals surface area contributed by atoms with Gasteiger partial charge < -0.3 is 24.2 Å². The summed E-state index contributed by atoms with van der Waals surface area (Å²) in [6.07, 6.45) is 5.19. The molecule has 1 saturated heterocycles. The van der Waals surface area contributed by atoms with Crippen molar-refractivity contribution in [3.8, 4) is 29.3 Å². The topological polar surface area (TPSA) is 124 Å². The molecule has 46 heavy (non-hydrogen) atoms. The van der Waals surface area contributed by atoms with Gasteiger partial charge in [0.15, 0.2) is 5.75 Å². The van der Waals surface area contributed by atoms with Crippen LogP contribution in [0.3, 0.4) is 0 Å². The fraction of sp³-hybridized carbons (Fsp3) is 0.242. The number of nitriles is 1. The van der Waals surface area contributed by atoms with Crippen LogP contribution in [0.25, 0.3) is 21.8 Å². The number of aromatic nitrogens is 4. The standard InChI is InChI=1S/C33H28ClFN8O3/c1-3-27(44)42-11-13-43(14-12-42)30-20-7-9-37-33(46-31-22-17-38-40-25(22)15-24(35)28(31)34)29(20)39-32(21(30)16-36)45-26-6-4-5-19-8-10-41(2)18-23(19)26/h3-7,9,15,17H,1,8,10-14,18H2,2H3,(H,38,40). The first-order chi connectivity index (χ1) is 22.4. The highest BCUT2D eigenvalue weighted by Crippen LogP contribution is 2.43. The molecule has 0 atom stereocenters. The smallest absolute Gasteiger partial charge is 0.246 e. The molecule has 0 aliphatic carbocycles. The molecule has 2 aliphatic rings. The summed E-state index contributed by atoms with van der Waals surface area (Å²) in [5, 5.41) is 18.1. The number of likely N-dealkylation sites (N-methyl/N-ethyl adjacent to an activating group) is 1. The fourth-order valence-corrected chi connectivity index (χ4v) is 6.26. The van der Waals surface area contributed by atoms with Gasteiger partial charge in [-0.2, -0.15) is 10.4 Å². The van der Waals surface area contributed by atoms with Gasteiger partial charge >= 0.3 is 0 Å². The van der Waals surface area contributed by atoms with E-state index in [-0.39, 0.29) is 39.5 Å². The third kappa shape index (κ3) is 5.13. The zero-order chi connectivity index (χ0) is 31.9. The van der Waals surface area contributed by atoms with Gasteiger partial charge in [0.1, 0.15) is 33.7 Å². The van der Waals surface area contributed by atoms with E-state index in [1.54, 1.807) is 11.0 Å². The van der Waals surface area contributed by atoms with Crippen molar-refractivity contribution < 1.29 is 18.7 Å². The van der Waals surface area contributed by atoms with Crippen molar-refractivity contribution in [2.24, 2.45) is 0 Å². The van der Waals surface area contributed by atoms with E-state index in [4.69, 9.17) is 26.1 Å². The Kier molecular flexibility index (Phi) is 7.64. The minimum absolute atomic E-state index is 0.0253. The average Bonchev–Trinajstić information content (AvgIpc) is 3.54. The number of ether oxygens (including phenoxy) is 2. The molecule has 0 spiro atoms. The zero-order valence-electron chi connectivity index (χ0n) is 24.9. The third-order valence-corrected chi connectivity index (χ3v) is 8.78. The van der Waals surface area contributed by atoms with Crippen LogP contribution in [-0.2, 0) is 17.8 Å². The van der Waals surface area contributed by atoms with Gasteiger partial charge in [-0.25, -0.2) is 14.4 Å². The molecule has 2 aromatic carbocycles. The number of halogens is 2. The second-order valence-electron chi connectivity index (χ2n) is 11.2. The number of anilines is 1. The molecule has 232 valence electrons. The SMILES string of the molecule is C=CC(=O)N1CCN(c2c(C#N)c(Oc3cccc4c3CN(C)CC4)nc3c(Oc4c(Cl)c(F)cc5[nH]ncc45)nccc23)CC1. The summed E-state index contributed by atoms with van der Waals surface area (Å²) >= 11 is 6.39. The number of hydrogen-bond acceptors (Lipinski definition) is 9. The number of fused-ring (bicyclic) bond motifs is 3. The number of aromatic amines is 1. The van der Waals surface area contributed by atoms with Crippen LogP contribution in [0.4, 0.5) is 10.1 Å². The first-order valence-corrected chi connectivity index (χ1v) is 15.1. The van der Waals surface area contributed by atoms with Gasteiger partial charge in [0.05, 0.1) is 22.8 Å². The van der Waals surface area contributed by atoms with Crippen LogP contribution in [0.1, 0.15) is 16.7 Å². The molecule has 0 bridgehead atoms. The van der Waals surface area contributed by atoms with Gasteiger partial charge in [0.25, 0.3) is 0 Å². The number of H-pyrrole nitrogens is 1. The predicted octanol–water partition coefficient (Wildman–Crippen LogP) is 5.58. The van der Waals surface area contributed by atoms with E-state index in [1.165, 1.54) is 30.1 Å². The van der Waals surface area contributed by atoms with E-state index >= 15 is 0 Å². The fourth-order valence-electron chi connectivity index (χ4n) is 6.07. The summed E-state index contributed by atoms with van der Waals surface area (Å²) in [6, 6.07) is 11.2. The lowest BCUT2D eigenvalue weighted by Gasteiger charge is -2.36. The maximum absolute atomic E-state index is 14.8. The number of amides is 1. The first kappa shape index (κ1) is 29.5. The van der Waals surface area contributed by atoms with Gasteiger partial charge in [-0.1, -0.05) is 30.3 Å². The van der Waals surface area contributed by atoms with E-state index in [2.05, 4.69) is 38.8 Å². The van der Waals surface area contributed by atoms with Crippen LogP contribution in [0, 0.1) is 17.1 Å². The van der Waals surface area contributed by atoms with Gasteiger partial charge in [-0.15, -0.1) is 0 Å². The number of pyridine rings is 2. The maximum atomic E-state index is 14.8. The second-order valence-corrected chi connectivity index (χ2v) is 11.6. The zero-order valence-corrected chi connectivity index (χ0v) is 25.6. The Hall–Kier alpha value is -5.25. The Morgan fingerprint density at radius 3 is 2.76 bits per heavy atom. The van der Waals surface area contributed by atoms with Crippen molar-refractivity contribution in [2.45, 2.75) is 13.0 Å². The van der Waals surface area contributed by atoms with E-state index in [0.717, 1.165) is 18.5 Å². The van der Waals surface area contributed by atoms with E-state index in [1.807, 2.05) is 24.1 Å². The Balaban J connectivity index is 1.40. The summed E-state index contributed by atoms with van der Waals surface area (Å²) < 4.78 is 27.5. The largest absolute Gasteiger partial charge is 0.437 e. The van der Waals surface area contributed by atoms with Gasteiger partial charge in [0.2, 0.25) is 17.7 Å². The van der Waals surface area contributed by atoms with Gasteiger partial charge in [-0.05, 0) is 37.2 Å². The number of nitrogens with zero attached hydrogens (tertiary/aromatic N) is 7. The van der Waals surface area contributed by atoms with Crippen LogP contribution in [-0.4, -0.2) is 75.6 Å². The lowest BCUT2D eigenvalue weighted by Crippen LogP contribution is -2.48. The van der Waals surface area contributed by atoms with Crippen molar-refractivity contribution >= 4 is 45.0 Å². The van der Waals surface area contributed by atoms with Crippen molar-refractivity contribution in [1.29, 1.82) is 5.26 Å². The number of nitrogens with one attached hydrogen (secondary N) is 1. The monoisotopic (exact) mass is 638 g/mol. The van der Waals surface area contributed by atoms with Crippen LogP contribution in [0.2, 0.25) is 5.02 Å². The average molecular weight is 639 g/mol. The molecule has 5 aromatic rings. The molecule has 1 N–H and O–H groups in total. The molecular weight excluding hydrogens is 611 g/mol. The van der Waals surface area contributed by atoms with E-state index < -0.39 is 5.82 Å². The quantitative estimate of drug-likeness (QED) is 0.238. The Bertz CT molecular complexity index is 2070. The van der Waals surface area contributed by atoms with E-state index in [9.17, 15) is 14.4 Å². The molecule has 13 heteroatoms. The highest BCUT2D eigenvalue weighted by Gasteiger charge is 2.29. The minimum atomic E-state index is -0.691. The van der Waals surface area contributed by atoms with Gasteiger partial charge in [0, 0.05) is 62.5 Å². The van der Waals surface area contributed by atoms with Crippen molar-refractivity contribution in [3.05, 3.63) is 82.9 Å². The summed E-state index contributed by atoms with van der Waals surface area (Å²) in [6.45, 7) is 6.97. The number of benzene rings is 2. The number of carbonyl (C=O) groups excluding carboxylic acids is 1. The number of carbonyl (C=O) groups is 1. The Morgan fingerprint density at radius 1 is 1.15 bits per heavy atom. The van der Waals surface area contributed by atoms with E-state index in [0.29, 0.717) is 60.4 Å². The van der Waals surface area contributed by atoms with Gasteiger partial charge in [-0.3, -0.25) is 9.89 Å². The highest BCUT2D eigenvalue weighted by atomic mass is 35.5. The first-order valence-electron chi connectivity index (χ1n) is 14.7. The molecule has 7 rings (SSSR count). The molecule has 0 unspecified atom stereocenters. The molecule has 11 nitrogen and oxygen atoms in total. The second kappa shape index (κ2) is 11.9. The molecule has 3 aromatic heterocycles. The lowest BCUT2D eigenvalue weighted by molar-refractivity contribution is -0.126. The summed E-state index contributed by atoms with van der Waals surface area (Å²) in [5.74, 6) is -0.105. The predicted molar refractivity (Wildman–Crippen MR) is 171 cm³/mol. The maximum Gasteiger partial charge on any atom is 0.246 e. The van der Waals surface area contributed by atoms with Crippen molar-refractivity contribution in [3.63, 3.8) is 0 Å². The molecule has 1 amide bonds. The van der Waals surface area contributed by atoms with Crippen LogP contribution >= 0.6 is 11.6 Å². The van der Waals surface area contributed by atoms with Crippen LogP contribution in [0.5, 0.6) is 23.3 Å². The van der Waals surface area contributed by atoms with Crippen molar-refractivity contribution in [2.75, 3.05) is 44.7 Å². The highest BCUT2D eigenvalue weighted by molar-refractivity contribution is 6.33. The summed E-state index contributed by atoms with van der Waals surface area (Å²) in [5.41, 5.74) is 3.68. The molecule has 2 aliphatic heterocycles. The lowest BCUT2D eigenvalue weighted by atomic mass is 9.99. The Morgan fingerprint density at radius 2 is 1.98 bits per heavy atom. The molecule has 5 heterocycles. The molecule has 0 saturated carbocycles. The number of piperazine rings is 1. The Labute approximate surface area is 268 Å². The van der Waals surface area contributed by atoms with Crippen LogP contribution < -0.4 is 14.4 Å².